The molecular formula is C19H16O. The van der Waals surface area contributed by atoms with Gasteiger partial charge in [-0.25, -0.2) is 0 Å². The summed E-state index contributed by atoms with van der Waals surface area (Å²) in [5.74, 6) is 2.59. The molecule has 0 bridgehead atoms. The van der Waals surface area contributed by atoms with Crippen molar-refractivity contribution in [3.8, 4) is 0 Å². The predicted molar refractivity (Wildman–Crippen MR) is 75.7 cm³/mol. The summed E-state index contributed by atoms with van der Waals surface area (Å²) in [6.07, 6.45) is 11.0. The Bertz CT molecular complexity index is 797. The van der Waals surface area contributed by atoms with Gasteiger partial charge in [-0.05, 0) is 94.4 Å². The molecule has 0 aromatic rings. The summed E-state index contributed by atoms with van der Waals surface area (Å²) >= 11 is 0. The van der Waals surface area contributed by atoms with Gasteiger partial charge in [-0.15, -0.1) is 0 Å². The van der Waals surface area contributed by atoms with Crippen LogP contribution < -0.4 is 0 Å². The smallest absolute Gasteiger partial charge is 0.133 e. The molecule has 7 aliphatic rings. The Kier molecular flexibility index (Phi) is 1.18. The first-order chi connectivity index (χ1) is 9.78. The molecule has 0 radical (unpaired) electrons. The van der Waals surface area contributed by atoms with Crippen LogP contribution in [-0.2, 0) is 0 Å². The minimum absolute atomic E-state index is 0.545. The van der Waals surface area contributed by atoms with E-state index in [1.807, 2.05) is 0 Å². The maximum Gasteiger partial charge on any atom is 0.133 e. The summed E-state index contributed by atoms with van der Waals surface area (Å²) in [6.45, 7) is 0. The fourth-order valence-electron chi connectivity index (χ4n) is 5.87. The molecule has 0 heterocycles. The predicted octanol–water partition coefficient (Wildman–Crippen LogP) is 3.35. The molecule has 7 rings (SSSR count). The zero-order valence-electron chi connectivity index (χ0n) is 11.4. The van der Waals surface area contributed by atoms with E-state index in [9.17, 15) is 5.11 Å². The molecule has 0 aromatic heterocycles. The van der Waals surface area contributed by atoms with E-state index in [2.05, 4.69) is 12.2 Å². The maximum absolute atomic E-state index is 10.6. The van der Waals surface area contributed by atoms with Crippen LogP contribution in [0.1, 0.15) is 32.1 Å². The fraction of sp³-hybridized carbons (Fsp3) is 0.474. The van der Waals surface area contributed by atoms with Crippen molar-refractivity contribution in [2.45, 2.75) is 37.7 Å². The Morgan fingerprint density at radius 1 is 0.900 bits per heavy atom. The van der Waals surface area contributed by atoms with Gasteiger partial charge in [0.25, 0.3) is 0 Å². The molecule has 98 valence electrons. The van der Waals surface area contributed by atoms with E-state index in [-0.39, 0.29) is 0 Å². The highest BCUT2D eigenvalue weighted by molar-refractivity contribution is 5.76. The number of aliphatic hydroxyl groups is 1. The zero-order chi connectivity index (χ0) is 12.8. The van der Waals surface area contributed by atoms with E-state index in [1.54, 1.807) is 22.3 Å². The van der Waals surface area contributed by atoms with Gasteiger partial charge in [0.2, 0.25) is 0 Å². The molecule has 3 fully saturated rings. The largest absolute Gasteiger partial charge is 0.377 e. The van der Waals surface area contributed by atoms with Crippen molar-refractivity contribution in [2.24, 2.45) is 17.8 Å². The Balaban J connectivity index is 1.15. The SMILES string of the molecule is OC1(C2=CC(C3CC4C5=C6CCC6=C5C34)=C2)C2=C1CC2. The van der Waals surface area contributed by atoms with Gasteiger partial charge in [0.05, 0.1) is 0 Å². The average Bonchev–Trinajstić information content (AvgIpc) is 2.67. The average molecular weight is 260 g/mol. The molecule has 3 unspecified atom stereocenters. The Hall–Kier alpha value is -1.34. The van der Waals surface area contributed by atoms with Gasteiger partial charge in [0, 0.05) is 0 Å². The van der Waals surface area contributed by atoms with Crippen molar-refractivity contribution in [1.82, 2.24) is 0 Å². The van der Waals surface area contributed by atoms with Crippen molar-refractivity contribution in [3.05, 3.63) is 56.7 Å². The first kappa shape index (κ1) is 9.57. The minimum atomic E-state index is -0.545. The number of fused-ring (bicyclic) bond motifs is 5. The lowest BCUT2D eigenvalue weighted by molar-refractivity contribution is 0.107. The number of hydrogen-bond acceptors (Lipinski definition) is 1. The van der Waals surface area contributed by atoms with Gasteiger partial charge in [0.1, 0.15) is 5.60 Å². The molecule has 1 nitrogen and oxygen atoms in total. The molecule has 0 aliphatic heterocycles. The van der Waals surface area contributed by atoms with Crippen LogP contribution in [0.5, 0.6) is 0 Å². The molecule has 3 saturated carbocycles. The van der Waals surface area contributed by atoms with Crippen LogP contribution in [0.4, 0.5) is 0 Å². The second kappa shape index (κ2) is 2.46. The van der Waals surface area contributed by atoms with Gasteiger partial charge >= 0.3 is 0 Å². The summed E-state index contributed by atoms with van der Waals surface area (Å²) in [7, 11) is 0. The third kappa shape index (κ3) is 0.695. The molecule has 1 heteroatoms. The van der Waals surface area contributed by atoms with E-state index in [0.29, 0.717) is 0 Å². The lowest BCUT2D eigenvalue weighted by Crippen LogP contribution is -2.55. The van der Waals surface area contributed by atoms with Crippen LogP contribution in [-0.4, -0.2) is 10.7 Å². The first-order valence-corrected chi connectivity index (χ1v) is 8.14. The molecule has 0 aromatic carbocycles. The van der Waals surface area contributed by atoms with Crippen LogP contribution in [0, 0.1) is 17.8 Å². The van der Waals surface area contributed by atoms with Crippen molar-refractivity contribution >= 4 is 0 Å². The summed E-state index contributed by atoms with van der Waals surface area (Å²) in [5, 5.41) is 10.6. The quantitative estimate of drug-likeness (QED) is 0.755. The highest BCUT2D eigenvalue weighted by atomic mass is 16.3. The highest BCUT2D eigenvalue weighted by Crippen LogP contribution is 2.73. The highest BCUT2D eigenvalue weighted by Gasteiger charge is 2.63. The van der Waals surface area contributed by atoms with E-state index in [0.717, 1.165) is 30.6 Å². The molecule has 0 spiro atoms. The fourth-order valence-corrected chi connectivity index (χ4v) is 5.87. The Labute approximate surface area is 118 Å². The monoisotopic (exact) mass is 260 g/mol. The zero-order valence-corrected chi connectivity index (χ0v) is 11.4. The lowest BCUT2D eigenvalue weighted by atomic mass is 9.38. The summed E-state index contributed by atoms with van der Waals surface area (Å²) in [4.78, 5) is 0. The minimum Gasteiger partial charge on any atom is -0.377 e. The standard InChI is InChI=1S/C19H16O/c20-19(14-3-4-15(14)19)9-5-8(6-9)12-7-13-16-10-1-2-11(10)18(16)17(12)13/h5-6,12-13,17,20H,1-4,7H2. The Morgan fingerprint density at radius 3 is 2.25 bits per heavy atom. The summed E-state index contributed by atoms with van der Waals surface area (Å²) in [6, 6.07) is 0. The third-order valence-electron chi connectivity index (χ3n) is 7.30. The van der Waals surface area contributed by atoms with Crippen molar-refractivity contribution in [3.63, 3.8) is 0 Å². The molecule has 3 atom stereocenters. The van der Waals surface area contributed by atoms with Gasteiger partial charge in [-0.1, -0.05) is 12.2 Å². The molecule has 7 aliphatic carbocycles. The number of rotatable bonds is 2. The summed E-state index contributed by atoms with van der Waals surface area (Å²) in [5.41, 5.74) is 11.9. The van der Waals surface area contributed by atoms with E-state index < -0.39 is 5.60 Å². The topological polar surface area (TPSA) is 20.2 Å². The van der Waals surface area contributed by atoms with Gasteiger partial charge in [0.15, 0.2) is 0 Å². The van der Waals surface area contributed by atoms with Crippen molar-refractivity contribution in [2.75, 3.05) is 0 Å². The van der Waals surface area contributed by atoms with E-state index >= 15 is 0 Å². The van der Waals surface area contributed by atoms with Crippen molar-refractivity contribution < 1.29 is 5.11 Å². The van der Waals surface area contributed by atoms with Crippen LogP contribution in [0.3, 0.4) is 0 Å². The second-order valence-corrected chi connectivity index (χ2v) is 7.67. The lowest BCUT2D eigenvalue weighted by Gasteiger charge is -2.65. The molecule has 1 N–H and O–H groups in total. The second-order valence-electron chi connectivity index (χ2n) is 7.67. The van der Waals surface area contributed by atoms with Crippen LogP contribution >= 0.6 is 0 Å². The molecule has 0 amide bonds. The van der Waals surface area contributed by atoms with Crippen LogP contribution in [0.15, 0.2) is 56.7 Å². The summed E-state index contributed by atoms with van der Waals surface area (Å²) < 4.78 is 0. The Morgan fingerprint density at radius 2 is 1.60 bits per heavy atom. The third-order valence-corrected chi connectivity index (χ3v) is 7.30. The number of hydrogen-bond donors (Lipinski definition) is 1. The van der Waals surface area contributed by atoms with Crippen LogP contribution in [0.2, 0.25) is 0 Å². The molecule has 20 heavy (non-hydrogen) atoms. The van der Waals surface area contributed by atoms with Gasteiger partial charge < -0.3 is 5.11 Å². The van der Waals surface area contributed by atoms with Crippen molar-refractivity contribution in [1.29, 1.82) is 0 Å². The number of allylic oxidation sites excluding steroid dienone is 6. The van der Waals surface area contributed by atoms with Gasteiger partial charge in [-0.3, -0.25) is 0 Å². The first-order valence-electron chi connectivity index (χ1n) is 8.14. The normalized spacial score (nSPS) is 43.1. The molecular weight excluding hydrogens is 244 g/mol. The van der Waals surface area contributed by atoms with Gasteiger partial charge in [-0.2, -0.15) is 0 Å². The van der Waals surface area contributed by atoms with E-state index in [4.69, 9.17) is 0 Å². The van der Waals surface area contributed by atoms with E-state index in [1.165, 1.54) is 41.6 Å². The molecule has 0 saturated heterocycles. The maximum atomic E-state index is 10.6. The van der Waals surface area contributed by atoms with Crippen LogP contribution in [0.25, 0.3) is 0 Å².